The largest absolute Gasteiger partial charge is 0.323 e. The lowest BCUT2D eigenvalue weighted by Gasteiger charge is -2.13. The maximum absolute atomic E-state index is 6.24. The molecule has 0 aliphatic carbocycles. The molecule has 0 bridgehead atoms. The number of fused-ring (bicyclic) bond motifs is 1. The average molecular weight is 282 g/mol. The molecule has 3 rings (SSSR count). The van der Waals surface area contributed by atoms with Gasteiger partial charge in [-0.1, -0.05) is 32.0 Å². The van der Waals surface area contributed by atoms with Gasteiger partial charge in [-0.2, -0.15) is 0 Å². The molecule has 3 heteroatoms. The molecule has 20 heavy (non-hydrogen) atoms. The van der Waals surface area contributed by atoms with Crippen LogP contribution in [0.25, 0.3) is 21.3 Å². The van der Waals surface area contributed by atoms with Gasteiger partial charge in [-0.3, -0.25) is 4.98 Å². The predicted octanol–water partition coefficient (Wildman–Crippen LogP) is 4.62. The lowest BCUT2D eigenvalue weighted by Crippen LogP contribution is -2.14. The summed E-state index contributed by atoms with van der Waals surface area (Å²) in [6.07, 6.45) is 1.83. The van der Waals surface area contributed by atoms with Crippen molar-refractivity contribution in [2.24, 2.45) is 11.7 Å². The van der Waals surface area contributed by atoms with Crippen LogP contribution in [0.15, 0.2) is 48.7 Å². The van der Waals surface area contributed by atoms with Crippen LogP contribution in [0.5, 0.6) is 0 Å². The fraction of sp³-hybridized carbons (Fsp3) is 0.235. The molecule has 0 fully saturated rings. The van der Waals surface area contributed by atoms with E-state index in [-0.39, 0.29) is 6.04 Å². The average Bonchev–Trinajstić information content (AvgIpc) is 2.95. The van der Waals surface area contributed by atoms with Crippen molar-refractivity contribution < 1.29 is 0 Å². The number of nitrogens with two attached hydrogens (primary N) is 1. The third-order valence-electron chi connectivity index (χ3n) is 3.58. The Morgan fingerprint density at radius 2 is 1.90 bits per heavy atom. The Balaban J connectivity index is 2.08. The maximum atomic E-state index is 6.24. The highest BCUT2D eigenvalue weighted by molar-refractivity contribution is 7.15. The first-order valence-corrected chi connectivity index (χ1v) is 7.68. The number of rotatable bonds is 3. The third-order valence-corrected chi connectivity index (χ3v) is 4.80. The predicted molar refractivity (Wildman–Crippen MR) is 86.8 cm³/mol. The standard InChI is InChI=1S/C17H18N2S/c1-11(2)17(18)16-9-8-15(20-16)13-5-3-7-14-12(13)6-4-10-19-14/h3-11,17H,18H2,1-2H3. The quantitative estimate of drug-likeness (QED) is 0.761. The van der Waals surface area contributed by atoms with Gasteiger partial charge in [-0.05, 0) is 30.2 Å². The third kappa shape index (κ3) is 2.35. The van der Waals surface area contributed by atoms with E-state index in [9.17, 15) is 0 Å². The molecule has 1 unspecified atom stereocenters. The van der Waals surface area contributed by atoms with Crippen LogP contribution in [0.1, 0.15) is 24.8 Å². The Morgan fingerprint density at radius 1 is 1.05 bits per heavy atom. The Morgan fingerprint density at radius 3 is 2.70 bits per heavy atom. The summed E-state index contributed by atoms with van der Waals surface area (Å²) in [4.78, 5) is 6.92. The minimum absolute atomic E-state index is 0.113. The van der Waals surface area contributed by atoms with E-state index in [1.165, 1.54) is 20.7 Å². The number of hydrogen-bond acceptors (Lipinski definition) is 3. The Bertz CT molecular complexity index is 725. The lowest BCUT2D eigenvalue weighted by atomic mass is 10.0. The van der Waals surface area contributed by atoms with Gasteiger partial charge in [-0.25, -0.2) is 0 Å². The number of nitrogens with zero attached hydrogens (tertiary/aromatic N) is 1. The van der Waals surface area contributed by atoms with E-state index in [0.717, 1.165) is 5.52 Å². The van der Waals surface area contributed by atoms with Gasteiger partial charge in [0, 0.05) is 32.9 Å². The summed E-state index contributed by atoms with van der Waals surface area (Å²) >= 11 is 1.78. The van der Waals surface area contributed by atoms with Crippen LogP contribution in [-0.4, -0.2) is 4.98 Å². The van der Waals surface area contributed by atoms with Crippen LogP contribution in [0, 0.1) is 5.92 Å². The van der Waals surface area contributed by atoms with Crippen LogP contribution >= 0.6 is 11.3 Å². The second-order valence-electron chi connectivity index (χ2n) is 5.35. The second-order valence-corrected chi connectivity index (χ2v) is 6.46. The molecule has 0 saturated carbocycles. The molecule has 102 valence electrons. The Kier molecular flexibility index (Phi) is 3.55. The molecule has 2 aromatic heterocycles. The molecular weight excluding hydrogens is 264 g/mol. The molecule has 2 nitrogen and oxygen atoms in total. The molecule has 1 aromatic carbocycles. The molecule has 0 spiro atoms. The van der Waals surface area contributed by atoms with Crippen molar-refractivity contribution in [2.75, 3.05) is 0 Å². The second kappa shape index (κ2) is 5.35. The van der Waals surface area contributed by atoms with Crippen molar-refractivity contribution in [3.05, 3.63) is 53.5 Å². The maximum Gasteiger partial charge on any atom is 0.0708 e. The topological polar surface area (TPSA) is 38.9 Å². The van der Waals surface area contributed by atoms with Crippen molar-refractivity contribution in [1.82, 2.24) is 4.98 Å². The Hall–Kier alpha value is -1.71. The Labute approximate surface area is 123 Å². The minimum atomic E-state index is 0.113. The lowest BCUT2D eigenvalue weighted by molar-refractivity contribution is 0.521. The zero-order valence-corrected chi connectivity index (χ0v) is 12.5. The fourth-order valence-corrected chi connectivity index (χ4v) is 3.55. The highest BCUT2D eigenvalue weighted by Gasteiger charge is 2.14. The van der Waals surface area contributed by atoms with E-state index in [2.05, 4.69) is 49.2 Å². The summed E-state index contributed by atoms with van der Waals surface area (Å²) in [5, 5.41) is 1.20. The molecule has 0 saturated heterocycles. The van der Waals surface area contributed by atoms with E-state index in [0.29, 0.717) is 5.92 Å². The fourth-order valence-electron chi connectivity index (χ4n) is 2.32. The molecule has 0 aliphatic rings. The van der Waals surface area contributed by atoms with Gasteiger partial charge in [-0.15, -0.1) is 11.3 Å². The van der Waals surface area contributed by atoms with Crippen LogP contribution in [-0.2, 0) is 0 Å². The van der Waals surface area contributed by atoms with E-state index in [1.807, 2.05) is 18.3 Å². The number of thiophene rings is 1. The molecule has 0 aliphatic heterocycles. The number of aromatic nitrogens is 1. The van der Waals surface area contributed by atoms with Crippen LogP contribution in [0.4, 0.5) is 0 Å². The summed E-state index contributed by atoms with van der Waals surface area (Å²) in [6.45, 7) is 4.32. The summed E-state index contributed by atoms with van der Waals surface area (Å²) in [5.74, 6) is 0.454. The smallest absolute Gasteiger partial charge is 0.0708 e. The summed E-state index contributed by atoms with van der Waals surface area (Å²) in [6, 6.07) is 14.8. The first-order valence-electron chi connectivity index (χ1n) is 6.86. The highest BCUT2D eigenvalue weighted by Crippen LogP contribution is 2.36. The summed E-state index contributed by atoms with van der Waals surface area (Å²) in [5.41, 5.74) is 8.51. The zero-order valence-electron chi connectivity index (χ0n) is 11.7. The number of pyridine rings is 1. The normalized spacial score (nSPS) is 13.0. The molecule has 0 amide bonds. The van der Waals surface area contributed by atoms with Gasteiger partial charge in [0.05, 0.1) is 5.52 Å². The highest BCUT2D eigenvalue weighted by atomic mass is 32.1. The van der Waals surface area contributed by atoms with Gasteiger partial charge < -0.3 is 5.73 Å². The van der Waals surface area contributed by atoms with Gasteiger partial charge in [0.2, 0.25) is 0 Å². The van der Waals surface area contributed by atoms with E-state index in [1.54, 1.807) is 11.3 Å². The van der Waals surface area contributed by atoms with Crippen molar-refractivity contribution >= 4 is 22.2 Å². The van der Waals surface area contributed by atoms with Crippen LogP contribution < -0.4 is 5.73 Å². The first-order chi connectivity index (χ1) is 9.66. The van der Waals surface area contributed by atoms with Crippen molar-refractivity contribution in [2.45, 2.75) is 19.9 Å². The van der Waals surface area contributed by atoms with Crippen LogP contribution in [0.3, 0.4) is 0 Å². The van der Waals surface area contributed by atoms with E-state index >= 15 is 0 Å². The molecule has 0 radical (unpaired) electrons. The van der Waals surface area contributed by atoms with Crippen LogP contribution in [0.2, 0.25) is 0 Å². The first kappa shape index (κ1) is 13.3. The minimum Gasteiger partial charge on any atom is -0.323 e. The van der Waals surface area contributed by atoms with E-state index in [4.69, 9.17) is 5.73 Å². The number of benzene rings is 1. The van der Waals surface area contributed by atoms with Crippen molar-refractivity contribution in [1.29, 1.82) is 0 Å². The molecule has 2 N–H and O–H groups in total. The van der Waals surface area contributed by atoms with Gasteiger partial charge in [0.15, 0.2) is 0 Å². The molecular formula is C17H18N2S. The van der Waals surface area contributed by atoms with Crippen molar-refractivity contribution in [3.63, 3.8) is 0 Å². The van der Waals surface area contributed by atoms with Crippen molar-refractivity contribution in [3.8, 4) is 10.4 Å². The van der Waals surface area contributed by atoms with Gasteiger partial charge >= 0.3 is 0 Å². The van der Waals surface area contributed by atoms with Gasteiger partial charge in [0.25, 0.3) is 0 Å². The summed E-state index contributed by atoms with van der Waals surface area (Å²) in [7, 11) is 0. The molecule has 2 heterocycles. The number of hydrogen-bond donors (Lipinski definition) is 1. The van der Waals surface area contributed by atoms with E-state index < -0.39 is 0 Å². The SMILES string of the molecule is CC(C)C(N)c1ccc(-c2cccc3ncccc23)s1. The van der Waals surface area contributed by atoms with Gasteiger partial charge in [0.1, 0.15) is 0 Å². The monoisotopic (exact) mass is 282 g/mol. The molecule has 3 aromatic rings. The summed E-state index contributed by atoms with van der Waals surface area (Å²) < 4.78 is 0. The molecule has 1 atom stereocenters. The zero-order chi connectivity index (χ0) is 14.1.